The second kappa shape index (κ2) is 7.31. The first-order valence-corrected chi connectivity index (χ1v) is 9.03. The van der Waals surface area contributed by atoms with Gasteiger partial charge >= 0.3 is 5.97 Å². The average Bonchev–Trinajstić information content (AvgIpc) is 3.29. The molecule has 0 radical (unpaired) electrons. The monoisotopic (exact) mass is 367 g/mol. The zero-order chi connectivity index (χ0) is 18.8. The van der Waals surface area contributed by atoms with Crippen molar-refractivity contribution >= 4 is 11.9 Å². The molecule has 2 aliphatic heterocycles. The SMILES string of the molecule is CCC1Oc2ccc(C3OC(C)=NC3C(=O)OCc3ccccc3)cc2O1. The molecule has 0 aliphatic carbocycles. The molecule has 0 aromatic heterocycles. The van der Waals surface area contributed by atoms with E-state index in [9.17, 15) is 4.79 Å². The van der Waals surface area contributed by atoms with Gasteiger partial charge in [0.15, 0.2) is 29.5 Å². The maximum absolute atomic E-state index is 12.6. The van der Waals surface area contributed by atoms with Gasteiger partial charge in [-0.15, -0.1) is 0 Å². The first kappa shape index (κ1) is 17.4. The van der Waals surface area contributed by atoms with E-state index in [0.29, 0.717) is 17.4 Å². The molecule has 3 unspecified atom stereocenters. The van der Waals surface area contributed by atoms with Gasteiger partial charge in [0.2, 0.25) is 6.29 Å². The number of nitrogens with zero attached hydrogens (tertiary/aromatic N) is 1. The quantitative estimate of drug-likeness (QED) is 0.752. The number of ether oxygens (including phenoxy) is 4. The van der Waals surface area contributed by atoms with Gasteiger partial charge < -0.3 is 18.9 Å². The Labute approximate surface area is 157 Å². The van der Waals surface area contributed by atoms with E-state index in [-0.39, 0.29) is 12.9 Å². The number of benzene rings is 2. The smallest absolute Gasteiger partial charge is 0.335 e. The molecule has 2 heterocycles. The molecule has 0 spiro atoms. The lowest BCUT2D eigenvalue weighted by Crippen LogP contribution is -2.26. The number of fused-ring (bicyclic) bond motifs is 1. The number of hydrogen-bond donors (Lipinski definition) is 0. The van der Waals surface area contributed by atoms with Crippen LogP contribution in [0, 0.1) is 0 Å². The minimum Gasteiger partial charge on any atom is -0.470 e. The Bertz CT molecular complexity index is 864. The molecule has 2 aliphatic rings. The zero-order valence-electron chi connectivity index (χ0n) is 15.3. The lowest BCUT2D eigenvalue weighted by molar-refractivity contribution is -0.148. The van der Waals surface area contributed by atoms with Gasteiger partial charge in [-0.05, 0) is 23.3 Å². The molecular formula is C21H21NO5. The molecule has 140 valence electrons. The summed E-state index contributed by atoms with van der Waals surface area (Å²) in [7, 11) is 0. The fraction of sp³-hybridized carbons (Fsp3) is 0.333. The number of hydrogen-bond acceptors (Lipinski definition) is 6. The predicted molar refractivity (Wildman–Crippen MR) is 98.7 cm³/mol. The van der Waals surface area contributed by atoms with Gasteiger partial charge in [-0.1, -0.05) is 43.3 Å². The van der Waals surface area contributed by atoms with Crippen molar-refractivity contribution in [1.29, 1.82) is 0 Å². The van der Waals surface area contributed by atoms with Gasteiger partial charge in [-0.2, -0.15) is 0 Å². The Morgan fingerprint density at radius 3 is 2.63 bits per heavy atom. The van der Waals surface area contributed by atoms with Crippen molar-refractivity contribution in [3.05, 3.63) is 59.7 Å². The standard InChI is InChI=1S/C21H21NO5/c1-3-18-26-16-10-9-15(11-17(16)27-18)20-19(22-13(2)25-20)21(23)24-12-14-7-5-4-6-8-14/h4-11,18-20H,3,12H2,1-2H3. The highest BCUT2D eigenvalue weighted by Gasteiger charge is 2.38. The van der Waals surface area contributed by atoms with Crippen LogP contribution < -0.4 is 9.47 Å². The fourth-order valence-corrected chi connectivity index (χ4v) is 3.15. The number of esters is 1. The molecule has 3 atom stereocenters. The topological polar surface area (TPSA) is 66.4 Å². The molecule has 0 saturated heterocycles. The number of carbonyl (C=O) groups excluding carboxylic acids is 1. The Morgan fingerprint density at radius 1 is 1.07 bits per heavy atom. The van der Waals surface area contributed by atoms with Crippen molar-refractivity contribution in [1.82, 2.24) is 0 Å². The van der Waals surface area contributed by atoms with E-state index in [1.165, 1.54) is 0 Å². The molecule has 4 rings (SSSR count). The van der Waals surface area contributed by atoms with E-state index < -0.39 is 18.1 Å². The van der Waals surface area contributed by atoms with Crippen LogP contribution in [0.3, 0.4) is 0 Å². The minimum absolute atomic E-state index is 0.205. The van der Waals surface area contributed by atoms with Gasteiger partial charge in [0, 0.05) is 13.3 Å². The van der Waals surface area contributed by atoms with Gasteiger partial charge in [-0.25, -0.2) is 9.79 Å². The Balaban J connectivity index is 1.49. The molecule has 6 nitrogen and oxygen atoms in total. The van der Waals surface area contributed by atoms with Crippen molar-refractivity contribution in [2.75, 3.05) is 0 Å². The third-order valence-electron chi connectivity index (χ3n) is 4.52. The Kier molecular flexibility index (Phi) is 4.71. The van der Waals surface area contributed by atoms with E-state index in [1.54, 1.807) is 6.92 Å². The summed E-state index contributed by atoms with van der Waals surface area (Å²) < 4.78 is 22.7. The van der Waals surface area contributed by atoms with E-state index in [0.717, 1.165) is 17.5 Å². The summed E-state index contributed by atoms with van der Waals surface area (Å²) in [4.78, 5) is 16.9. The lowest BCUT2D eigenvalue weighted by Gasteiger charge is -2.17. The molecule has 0 bridgehead atoms. The van der Waals surface area contributed by atoms with Crippen molar-refractivity contribution in [3.8, 4) is 11.5 Å². The lowest BCUT2D eigenvalue weighted by atomic mass is 10.0. The van der Waals surface area contributed by atoms with Crippen molar-refractivity contribution in [2.24, 2.45) is 4.99 Å². The van der Waals surface area contributed by atoms with Gasteiger partial charge in [0.25, 0.3) is 0 Å². The summed E-state index contributed by atoms with van der Waals surface area (Å²) in [6.07, 6.45) is -0.0622. The maximum atomic E-state index is 12.6. The number of carbonyl (C=O) groups is 1. The van der Waals surface area contributed by atoms with Gasteiger partial charge in [0.05, 0.1) is 0 Å². The summed E-state index contributed by atoms with van der Waals surface area (Å²) >= 11 is 0. The van der Waals surface area contributed by atoms with Gasteiger partial charge in [0.1, 0.15) is 6.61 Å². The molecule has 0 amide bonds. The minimum atomic E-state index is -0.740. The first-order valence-electron chi connectivity index (χ1n) is 9.03. The molecular weight excluding hydrogens is 346 g/mol. The van der Waals surface area contributed by atoms with Crippen LogP contribution in [-0.4, -0.2) is 24.2 Å². The summed E-state index contributed by atoms with van der Waals surface area (Å²) in [6.45, 7) is 3.93. The van der Waals surface area contributed by atoms with Crippen LogP contribution in [0.25, 0.3) is 0 Å². The van der Waals surface area contributed by atoms with E-state index >= 15 is 0 Å². The summed E-state index contributed by atoms with van der Waals surface area (Å²) in [5, 5.41) is 0. The fourth-order valence-electron chi connectivity index (χ4n) is 3.15. The van der Waals surface area contributed by atoms with Crippen LogP contribution in [0.15, 0.2) is 53.5 Å². The first-order chi connectivity index (χ1) is 13.1. The molecule has 27 heavy (non-hydrogen) atoms. The predicted octanol–water partition coefficient (Wildman–Crippen LogP) is 3.80. The largest absolute Gasteiger partial charge is 0.470 e. The average molecular weight is 367 g/mol. The van der Waals surface area contributed by atoms with E-state index in [4.69, 9.17) is 18.9 Å². The summed E-state index contributed by atoms with van der Waals surface area (Å²) in [5.41, 5.74) is 1.73. The summed E-state index contributed by atoms with van der Waals surface area (Å²) in [6, 6.07) is 14.4. The molecule has 2 aromatic rings. The van der Waals surface area contributed by atoms with Gasteiger partial charge in [-0.3, -0.25) is 0 Å². The zero-order valence-corrected chi connectivity index (χ0v) is 15.3. The van der Waals surface area contributed by atoms with Crippen molar-refractivity contribution in [2.45, 2.75) is 45.3 Å². The molecule has 0 saturated carbocycles. The van der Waals surface area contributed by atoms with Crippen LogP contribution in [0.2, 0.25) is 0 Å². The van der Waals surface area contributed by atoms with Crippen LogP contribution in [0.5, 0.6) is 11.5 Å². The molecule has 0 fully saturated rings. The second-order valence-corrected chi connectivity index (χ2v) is 6.50. The molecule has 6 heteroatoms. The van der Waals surface area contributed by atoms with Crippen LogP contribution >= 0.6 is 0 Å². The van der Waals surface area contributed by atoms with Crippen LogP contribution in [-0.2, 0) is 20.9 Å². The number of rotatable bonds is 5. The second-order valence-electron chi connectivity index (χ2n) is 6.50. The Hall–Kier alpha value is -3.02. The van der Waals surface area contributed by atoms with Crippen LogP contribution in [0.4, 0.5) is 0 Å². The van der Waals surface area contributed by atoms with Crippen molar-refractivity contribution in [3.63, 3.8) is 0 Å². The van der Waals surface area contributed by atoms with E-state index in [2.05, 4.69) is 4.99 Å². The highest BCUT2D eigenvalue weighted by molar-refractivity contribution is 5.85. The normalized spacial score (nSPS) is 22.9. The summed E-state index contributed by atoms with van der Waals surface area (Å²) in [5.74, 6) is 1.41. The van der Waals surface area contributed by atoms with Crippen molar-refractivity contribution < 1.29 is 23.7 Å². The van der Waals surface area contributed by atoms with E-state index in [1.807, 2.05) is 55.5 Å². The third-order valence-corrected chi connectivity index (χ3v) is 4.52. The molecule has 2 aromatic carbocycles. The number of aliphatic imine (C=N–C) groups is 1. The highest BCUT2D eigenvalue weighted by Crippen LogP contribution is 2.40. The third kappa shape index (κ3) is 3.60. The van der Waals surface area contributed by atoms with Crippen LogP contribution in [0.1, 0.15) is 37.5 Å². The Morgan fingerprint density at radius 2 is 1.85 bits per heavy atom. The maximum Gasteiger partial charge on any atom is 0.335 e. The highest BCUT2D eigenvalue weighted by atomic mass is 16.7. The molecule has 0 N–H and O–H groups in total.